The van der Waals surface area contributed by atoms with Crippen molar-refractivity contribution in [1.29, 1.82) is 0 Å². The zero-order chi connectivity index (χ0) is 11.8. The lowest BCUT2D eigenvalue weighted by Crippen LogP contribution is -2.32. The van der Waals surface area contributed by atoms with Crippen LogP contribution in [-0.2, 0) is 0 Å². The van der Waals surface area contributed by atoms with Crippen molar-refractivity contribution in [2.45, 2.75) is 26.2 Å². The molecule has 0 aromatic rings. The molecule has 0 spiro atoms. The number of rotatable bonds is 3. The summed E-state index contributed by atoms with van der Waals surface area (Å²) in [6, 6.07) is 0. The van der Waals surface area contributed by atoms with E-state index in [1.807, 2.05) is 0 Å². The van der Waals surface area contributed by atoms with E-state index < -0.39 is 0 Å². The SMILES string of the molecule is C=C/N=C\N=C(/C=C)N1CCCCC(C)C1. The maximum atomic E-state index is 4.29. The molecule has 16 heavy (non-hydrogen) atoms. The summed E-state index contributed by atoms with van der Waals surface area (Å²) in [5.41, 5.74) is 0. The van der Waals surface area contributed by atoms with Gasteiger partial charge in [-0.25, -0.2) is 9.98 Å². The number of hydrogen-bond acceptors (Lipinski definition) is 1. The molecule has 0 N–H and O–H groups in total. The lowest BCUT2D eigenvalue weighted by Gasteiger charge is -2.24. The van der Waals surface area contributed by atoms with Crippen molar-refractivity contribution in [1.82, 2.24) is 4.90 Å². The second-order valence-corrected chi connectivity index (χ2v) is 4.19. The third kappa shape index (κ3) is 4.01. The summed E-state index contributed by atoms with van der Waals surface area (Å²) in [7, 11) is 0. The van der Waals surface area contributed by atoms with E-state index in [-0.39, 0.29) is 0 Å². The molecule has 1 aliphatic heterocycles. The minimum absolute atomic E-state index is 0.726. The van der Waals surface area contributed by atoms with Crippen molar-refractivity contribution in [3.05, 3.63) is 25.4 Å². The lowest BCUT2D eigenvalue weighted by molar-refractivity contribution is 0.382. The third-order valence-electron chi connectivity index (χ3n) is 2.78. The first kappa shape index (κ1) is 12.7. The van der Waals surface area contributed by atoms with E-state index in [9.17, 15) is 0 Å². The highest BCUT2D eigenvalue weighted by Crippen LogP contribution is 2.16. The van der Waals surface area contributed by atoms with E-state index in [0.717, 1.165) is 24.8 Å². The molecule has 0 amide bonds. The quantitative estimate of drug-likeness (QED) is 0.530. The van der Waals surface area contributed by atoms with E-state index in [4.69, 9.17) is 0 Å². The van der Waals surface area contributed by atoms with Crippen LogP contribution in [-0.4, -0.2) is 30.2 Å². The molecule has 3 heteroatoms. The predicted molar refractivity (Wildman–Crippen MR) is 70.9 cm³/mol. The third-order valence-corrected chi connectivity index (χ3v) is 2.78. The van der Waals surface area contributed by atoms with Crippen LogP contribution >= 0.6 is 0 Å². The molecule has 3 nitrogen and oxygen atoms in total. The van der Waals surface area contributed by atoms with Crippen LogP contribution in [0.4, 0.5) is 0 Å². The first-order chi connectivity index (χ1) is 7.77. The largest absolute Gasteiger partial charge is 0.356 e. The Balaban J connectivity index is 2.69. The van der Waals surface area contributed by atoms with Crippen molar-refractivity contribution < 1.29 is 0 Å². The smallest absolute Gasteiger partial charge is 0.129 e. The van der Waals surface area contributed by atoms with Crippen LogP contribution in [0.5, 0.6) is 0 Å². The Labute approximate surface area is 98.3 Å². The Morgan fingerprint density at radius 1 is 1.38 bits per heavy atom. The molecule has 1 unspecified atom stereocenters. The number of nitrogens with zero attached hydrogens (tertiary/aromatic N) is 3. The van der Waals surface area contributed by atoms with E-state index in [0.29, 0.717) is 0 Å². The predicted octanol–water partition coefficient (Wildman–Crippen LogP) is 2.86. The van der Waals surface area contributed by atoms with Crippen LogP contribution in [0.1, 0.15) is 26.2 Å². The van der Waals surface area contributed by atoms with Gasteiger partial charge in [-0.2, -0.15) is 0 Å². The van der Waals surface area contributed by atoms with Gasteiger partial charge in [0.25, 0.3) is 0 Å². The summed E-state index contributed by atoms with van der Waals surface area (Å²) in [5, 5.41) is 0. The Kier molecular flexibility index (Phi) is 5.54. The molecule has 88 valence electrons. The fraction of sp³-hybridized carbons (Fsp3) is 0.538. The minimum Gasteiger partial charge on any atom is -0.356 e. The summed E-state index contributed by atoms with van der Waals surface area (Å²) in [4.78, 5) is 10.5. The van der Waals surface area contributed by atoms with Gasteiger partial charge in [0.1, 0.15) is 12.2 Å². The Hall–Kier alpha value is -1.38. The monoisotopic (exact) mass is 219 g/mol. The van der Waals surface area contributed by atoms with Gasteiger partial charge in [0.15, 0.2) is 0 Å². The summed E-state index contributed by atoms with van der Waals surface area (Å²) >= 11 is 0. The molecule has 0 aromatic carbocycles. The van der Waals surface area contributed by atoms with Gasteiger partial charge in [-0.3, -0.25) is 0 Å². The van der Waals surface area contributed by atoms with Gasteiger partial charge >= 0.3 is 0 Å². The van der Waals surface area contributed by atoms with Crippen molar-refractivity contribution in [3.63, 3.8) is 0 Å². The van der Waals surface area contributed by atoms with Crippen molar-refractivity contribution in [2.24, 2.45) is 15.9 Å². The summed E-state index contributed by atoms with van der Waals surface area (Å²) < 4.78 is 0. The molecule has 1 fully saturated rings. The molecule has 1 atom stereocenters. The molecule has 1 rings (SSSR count). The highest BCUT2D eigenvalue weighted by molar-refractivity contribution is 5.97. The first-order valence-electron chi connectivity index (χ1n) is 5.85. The van der Waals surface area contributed by atoms with Crippen LogP contribution in [0.3, 0.4) is 0 Å². The average Bonchev–Trinajstić information content (AvgIpc) is 2.49. The van der Waals surface area contributed by atoms with Gasteiger partial charge in [0, 0.05) is 19.3 Å². The van der Waals surface area contributed by atoms with Crippen LogP contribution in [0, 0.1) is 5.92 Å². The van der Waals surface area contributed by atoms with E-state index >= 15 is 0 Å². The van der Waals surface area contributed by atoms with Gasteiger partial charge < -0.3 is 4.90 Å². The maximum absolute atomic E-state index is 4.29. The average molecular weight is 219 g/mol. The molecule has 0 saturated carbocycles. The number of amidine groups is 1. The van der Waals surface area contributed by atoms with Crippen molar-refractivity contribution in [3.8, 4) is 0 Å². The van der Waals surface area contributed by atoms with Crippen LogP contribution in [0.15, 0.2) is 35.4 Å². The maximum Gasteiger partial charge on any atom is 0.129 e. The first-order valence-corrected chi connectivity index (χ1v) is 5.85. The Bertz CT molecular complexity index is 292. The second kappa shape index (κ2) is 6.99. The molecular formula is C13H21N3. The van der Waals surface area contributed by atoms with E-state index in [1.165, 1.54) is 31.8 Å². The molecule has 1 heterocycles. The molecule has 1 saturated heterocycles. The van der Waals surface area contributed by atoms with E-state index in [2.05, 4.69) is 35.0 Å². The van der Waals surface area contributed by atoms with E-state index in [1.54, 1.807) is 6.08 Å². The molecule has 1 aliphatic rings. The molecular weight excluding hydrogens is 198 g/mol. The molecule has 0 bridgehead atoms. The Morgan fingerprint density at radius 3 is 2.88 bits per heavy atom. The zero-order valence-electron chi connectivity index (χ0n) is 10.1. The van der Waals surface area contributed by atoms with Crippen LogP contribution < -0.4 is 0 Å². The van der Waals surface area contributed by atoms with Gasteiger partial charge in [-0.15, -0.1) is 0 Å². The van der Waals surface area contributed by atoms with Crippen LogP contribution in [0.2, 0.25) is 0 Å². The second-order valence-electron chi connectivity index (χ2n) is 4.19. The zero-order valence-corrected chi connectivity index (χ0v) is 10.1. The fourth-order valence-corrected chi connectivity index (χ4v) is 1.97. The molecule has 0 aromatic heterocycles. The summed E-state index contributed by atoms with van der Waals surface area (Å²) in [5.74, 6) is 1.64. The Morgan fingerprint density at radius 2 is 2.19 bits per heavy atom. The van der Waals surface area contributed by atoms with Crippen LogP contribution in [0.25, 0.3) is 0 Å². The lowest BCUT2D eigenvalue weighted by atomic mass is 10.1. The number of aliphatic imine (C=N–C) groups is 2. The number of likely N-dealkylation sites (tertiary alicyclic amines) is 1. The van der Waals surface area contributed by atoms with Crippen molar-refractivity contribution >= 4 is 12.2 Å². The fourth-order valence-electron chi connectivity index (χ4n) is 1.97. The van der Waals surface area contributed by atoms with Gasteiger partial charge in [0.05, 0.1) is 0 Å². The highest BCUT2D eigenvalue weighted by atomic mass is 15.2. The standard InChI is InChI=1S/C13H21N3/c1-4-13(15-11-14-5-2)16-9-7-6-8-12(3)10-16/h4-5,11-12H,1-2,6-10H2,3H3/b14-11-,15-13+. The van der Waals surface area contributed by atoms with Gasteiger partial charge in [0.2, 0.25) is 0 Å². The molecule has 0 radical (unpaired) electrons. The minimum atomic E-state index is 0.726. The van der Waals surface area contributed by atoms with Gasteiger partial charge in [-0.05, 0) is 24.8 Å². The topological polar surface area (TPSA) is 28.0 Å². The number of hydrogen-bond donors (Lipinski definition) is 0. The molecule has 0 aliphatic carbocycles. The van der Waals surface area contributed by atoms with Gasteiger partial charge in [-0.1, -0.05) is 26.5 Å². The van der Waals surface area contributed by atoms with Crippen molar-refractivity contribution in [2.75, 3.05) is 13.1 Å². The summed E-state index contributed by atoms with van der Waals surface area (Å²) in [6.45, 7) is 11.7. The highest BCUT2D eigenvalue weighted by Gasteiger charge is 2.15. The summed E-state index contributed by atoms with van der Waals surface area (Å²) in [6.07, 6.45) is 8.66. The normalized spacial score (nSPS) is 23.2.